The number of nitriles is 1. The van der Waals surface area contributed by atoms with Gasteiger partial charge in [-0.05, 0) is 36.8 Å². The van der Waals surface area contributed by atoms with Crippen molar-refractivity contribution in [3.8, 4) is 6.07 Å². The monoisotopic (exact) mass is 319 g/mol. The van der Waals surface area contributed by atoms with Crippen molar-refractivity contribution in [2.24, 2.45) is 10.3 Å². The third-order valence-corrected chi connectivity index (χ3v) is 4.16. The molecule has 0 atom stereocenters. The van der Waals surface area contributed by atoms with Crippen LogP contribution in [0.4, 0.5) is 5.69 Å². The zero-order valence-electron chi connectivity index (χ0n) is 13.9. The first-order chi connectivity index (χ1) is 11.7. The lowest BCUT2D eigenvalue weighted by Gasteiger charge is -2.32. The lowest BCUT2D eigenvalue weighted by atomic mass is 10.1. The SMILES string of the molecule is Cc1ccc(CN2CCN(N=Nc3ccc(C#N)cc3)CC2)cc1. The van der Waals surface area contributed by atoms with Crippen molar-refractivity contribution in [3.63, 3.8) is 0 Å². The Labute approximate surface area is 142 Å². The lowest BCUT2D eigenvalue weighted by Crippen LogP contribution is -2.43. The highest BCUT2D eigenvalue weighted by Crippen LogP contribution is 2.15. The maximum absolute atomic E-state index is 8.79. The van der Waals surface area contributed by atoms with Crippen LogP contribution in [-0.4, -0.2) is 36.1 Å². The van der Waals surface area contributed by atoms with Crippen molar-refractivity contribution in [2.75, 3.05) is 26.2 Å². The predicted molar refractivity (Wildman–Crippen MR) is 93.7 cm³/mol. The molecule has 24 heavy (non-hydrogen) atoms. The lowest BCUT2D eigenvalue weighted by molar-refractivity contribution is 0.124. The van der Waals surface area contributed by atoms with Gasteiger partial charge in [0.05, 0.1) is 30.4 Å². The summed E-state index contributed by atoms with van der Waals surface area (Å²) in [7, 11) is 0. The summed E-state index contributed by atoms with van der Waals surface area (Å²) >= 11 is 0. The zero-order valence-corrected chi connectivity index (χ0v) is 13.9. The van der Waals surface area contributed by atoms with Gasteiger partial charge in [-0.2, -0.15) is 5.26 Å². The van der Waals surface area contributed by atoms with E-state index >= 15 is 0 Å². The molecule has 0 saturated carbocycles. The number of aryl methyl sites for hydroxylation is 1. The molecule has 1 fully saturated rings. The topological polar surface area (TPSA) is 55.0 Å². The molecule has 0 bridgehead atoms. The molecule has 122 valence electrons. The van der Waals surface area contributed by atoms with E-state index in [4.69, 9.17) is 5.26 Å². The van der Waals surface area contributed by atoms with E-state index in [0.717, 1.165) is 38.4 Å². The quantitative estimate of drug-likeness (QED) is 0.808. The van der Waals surface area contributed by atoms with Crippen molar-refractivity contribution < 1.29 is 0 Å². The second kappa shape index (κ2) is 7.71. The number of benzene rings is 2. The molecule has 0 spiro atoms. The van der Waals surface area contributed by atoms with Crippen LogP contribution in [0.25, 0.3) is 0 Å². The van der Waals surface area contributed by atoms with Gasteiger partial charge in [-0.25, -0.2) is 0 Å². The van der Waals surface area contributed by atoms with Gasteiger partial charge in [0, 0.05) is 19.6 Å². The van der Waals surface area contributed by atoms with Crippen molar-refractivity contribution in [1.82, 2.24) is 9.91 Å². The molecule has 0 aliphatic carbocycles. The van der Waals surface area contributed by atoms with Crippen molar-refractivity contribution in [3.05, 3.63) is 65.2 Å². The van der Waals surface area contributed by atoms with Gasteiger partial charge < -0.3 is 0 Å². The van der Waals surface area contributed by atoms with Gasteiger partial charge in [-0.3, -0.25) is 9.91 Å². The number of hydrogen-bond donors (Lipinski definition) is 0. The van der Waals surface area contributed by atoms with Gasteiger partial charge in [0.2, 0.25) is 0 Å². The molecule has 0 amide bonds. The molecular weight excluding hydrogens is 298 g/mol. The number of nitrogens with zero attached hydrogens (tertiary/aromatic N) is 5. The standard InChI is InChI=1S/C19H21N5/c1-16-2-4-18(5-3-16)15-23-10-12-24(13-11-23)22-21-19-8-6-17(14-20)7-9-19/h2-9H,10-13,15H2,1H3. The van der Waals surface area contributed by atoms with Gasteiger partial charge in [-0.15, -0.1) is 5.11 Å². The fraction of sp³-hybridized carbons (Fsp3) is 0.316. The highest BCUT2D eigenvalue weighted by Gasteiger charge is 2.15. The molecule has 2 aromatic rings. The van der Waals surface area contributed by atoms with Crippen LogP contribution in [0.5, 0.6) is 0 Å². The first kappa shape index (κ1) is 16.2. The van der Waals surface area contributed by atoms with Crippen LogP contribution >= 0.6 is 0 Å². The second-order valence-corrected chi connectivity index (χ2v) is 6.06. The highest BCUT2D eigenvalue weighted by atomic mass is 15.6. The Hall–Kier alpha value is -2.71. The molecule has 1 saturated heterocycles. The summed E-state index contributed by atoms with van der Waals surface area (Å²) in [5.74, 6) is 0. The zero-order chi connectivity index (χ0) is 16.8. The third-order valence-electron chi connectivity index (χ3n) is 4.16. The van der Waals surface area contributed by atoms with Crippen molar-refractivity contribution in [1.29, 1.82) is 5.26 Å². The second-order valence-electron chi connectivity index (χ2n) is 6.06. The van der Waals surface area contributed by atoms with E-state index in [2.05, 4.69) is 52.5 Å². The Bertz CT molecular complexity index is 720. The molecule has 0 N–H and O–H groups in total. The maximum atomic E-state index is 8.79. The summed E-state index contributed by atoms with van der Waals surface area (Å²) in [4.78, 5) is 2.44. The molecule has 0 unspecified atom stereocenters. The van der Waals surface area contributed by atoms with E-state index in [0.29, 0.717) is 5.56 Å². The van der Waals surface area contributed by atoms with Crippen LogP contribution in [0.1, 0.15) is 16.7 Å². The first-order valence-corrected chi connectivity index (χ1v) is 8.17. The summed E-state index contributed by atoms with van der Waals surface area (Å²) in [6.45, 7) is 6.83. The summed E-state index contributed by atoms with van der Waals surface area (Å²) in [6.07, 6.45) is 0. The number of piperazine rings is 1. The van der Waals surface area contributed by atoms with Crippen LogP contribution < -0.4 is 0 Å². The molecule has 5 heteroatoms. The number of rotatable bonds is 4. The van der Waals surface area contributed by atoms with Crippen molar-refractivity contribution >= 4 is 5.69 Å². The highest BCUT2D eigenvalue weighted by molar-refractivity contribution is 5.41. The van der Waals surface area contributed by atoms with Crippen molar-refractivity contribution in [2.45, 2.75) is 13.5 Å². The third kappa shape index (κ3) is 4.40. The van der Waals surface area contributed by atoms with Gasteiger partial charge in [0.15, 0.2) is 0 Å². The minimum atomic E-state index is 0.638. The molecule has 3 rings (SSSR count). The van der Waals surface area contributed by atoms with E-state index in [1.807, 2.05) is 17.1 Å². The predicted octanol–water partition coefficient (Wildman–Crippen LogP) is 3.68. The molecule has 0 radical (unpaired) electrons. The summed E-state index contributed by atoms with van der Waals surface area (Å²) in [6, 6.07) is 18.0. The average Bonchev–Trinajstić information content (AvgIpc) is 2.63. The summed E-state index contributed by atoms with van der Waals surface area (Å²) in [5.41, 5.74) is 4.06. The van der Waals surface area contributed by atoms with Gasteiger partial charge in [-0.1, -0.05) is 35.1 Å². The Kier molecular flexibility index (Phi) is 5.19. The normalized spacial score (nSPS) is 15.6. The Balaban J connectivity index is 1.48. The van der Waals surface area contributed by atoms with E-state index < -0.39 is 0 Å². The first-order valence-electron chi connectivity index (χ1n) is 8.17. The van der Waals surface area contributed by atoms with Crippen LogP contribution in [0.15, 0.2) is 58.9 Å². The molecular formula is C19H21N5. The smallest absolute Gasteiger partial charge is 0.0991 e. The molecule has 1 heterocycles. The average molecular weight is 319 g/mol. The molecule has 1 aliphatic heterocycles. The van der Waals surface area contributed by atoms with E-state index in [-0.39, 0.29) is 0 Å². The minimum absolute atomic E-state index is 0.638. The van der Waals surface area contributed by atoms with Gasteiger partial charge >= 0.3 is 0 Å². The largest absolute Gasteiger partial charge is 0.295 e. The fourth-order valence-electron chi connectivity index (χ4n) is 2.65. The fourth-order valence-corrected chi connectivity index (χ4v) is 2.65. The Morgan fingerprint density at radius 1 is 0.958 bits per heavy atom. The maximum Gasteiger partial charge on any atom is 0.0991 e. The van der Waals surface area contributed by atoms with Crippen LogP contribution in [-0.2, 0) is 6.54 Å². The minimum Gasteiger partial charge on any atom is -0.295 e. The van der Waals surface area contributed by atoms with E-state index in [9.17, 15) is 0 Å². The molecule has 0 aromatic heterocycles. The number of hydrogen-bond acceptors (Lipinski definition) is 4. The van der Waals surface area contributed by atoms with Gasteiger partial charge in [0.25, 0.3) is 0 Å². The summed E-state index contributed by atoms with van der Waals surface area (Å²) in [5, 5.41) is 19.4. The molecule has 2 aromatic carbocycles. The Morgan fingerprint density at radius 2 is 1.62 bits per heavy atom. The van der Waals surface area contributed by atoms with Crippen LogP contribution in [0.3, 0.4) is 0 Å². The van der Waals surface area contributed by atoms with Gasteiger partial charge in [0.1, 0.15) is 0 Å². The molecule has 1 aliphatic rings. The van der Waals surface area contributed by atoms with E-state index in [1.54, 1.807) is 12.1 Å². The molecule has 5 nitrogen and oxygen atoms in total. The van der Waals surface area contributed by atoms with Crippen LogP contribution in [0, 0.1) is 18.3 Å². The van der Waals surface area contributed by atoms with E-state index in [1.165, 1.54) is 11.1 Å². The summed E-state index contributed by atoms with van der Waals surface area (Å²) < 4.78 is 0. The Morgan fingerprint density at radius 3 is 2.25 bits per heavy atom. The van der Waals surface area contributed by atoms with Crippen LogP contribution in [0.2, 0.25) is 0 Å².